The highest BCUT2D eigenvalue weighted by atomic mass is 19.4. The van der Waals surface area contributed by atoms with Crippen LogP contribution in [0.1, 0.15) is 34.7 Å². The molecule has 1 aromatic carbocycles. The van der Waals surface area contributed by atoms with Crippen molar-refractivity contribution in [3.05, 3.63) is 65.0 Å². The Balaban J connectivity index is 2.15. The zero-order valence-corrected chi connectivity index (χ0v) is 11.7. The van der Waals surface area contributed by atoms with E-state index in [9.17, 15) is 13.2 Å². The second-order valence-electron chi connectivity index (χ2n) is 5.03. The Hall–Kier alpha value is -1.88. The van der Waals surface area contributed by atoms with Crippen molar-refractivity contribution in [1.82, 2.24) is 4.98 Å². The van der Waals surface area contributed by atoms with Gasteiger partial charge in [-0.15, -0.1) is 0 Å². The molecule has 0 saturated heterocycles. The van der Waals surface area contributed by atoms with Crippen LogP contribution in [0.25, 0.3) is 0 Å². The Kier molecular flexibility index (Phi) is 4.63. The summed E-state index contributed by atoms with van der Waals surface area (Å²) in [6.45, 7) is 1.98. The quantitative estimate of drug-likeness (QED) is 0.924. The number of benzene rings is 1. The smallest absolute Gasteiger partial charge is 0.324 e. The molecule has 2 aromatic rings. The third-order valence-corrected chi connectivity index (χ3v) is 3.54. The highest BCUT2D eigenvalue weighted by Gasteiger charge is 2.34. The Morgan fingerprint density at radius 1 is 1.19 bits per heavy atom. The van der Waals surface area contributed by atoms with Crippen molar-refractivity contribution in [2.24, 2.45) is 5.73 Å². The summed E-state index contributed by atoms with van der Waals surface area (Å²) in [5, 5.41) is 0. The molecular weight excluding hydrogens is 277 g/mol. The minimum atomic E-state index is -4.40. The number of aryl methyl sites for hydroxylation is 2. The van der Waals surface area contributed by atoms with Gasteiger partial charge in [0.1, 0.15) is 0 Å². The van der Waals surface area contributed by atoms with Gasteiger partial charge in [-0.2, -0.15) is 13.2 Å². The predicted octanol–water partition coefficient (Wildman–Crippen LogP) is 4.04. The van der Waals surface area contributed by atoms with E-state index in [4.69, 9.17) is 5.73 Å². The fourth-order valence-corrected chi connectivity index (χ4v) is 2.32. The van der Waals surface area contributed by atoms with E-state index in [2.05, 4.69) is 4.98 Å². The van der Waals surface area contributed by atoms with Crippen molar-refractivity contribution in [2.75, 3.05) is 0 Å². The molecular formula is C16H17F3N2. The molecule has 5 heteroatoms. The van der Waals surface area contributed by atoms with Crippen LogP contribution in [0.5, 0.6) is 0 Å². The molecule has 21 heavy (non-hydrogen) atoms. The molecule has 112 valence electrons. The number of nitrogens with zero attached hydrogens (tertiary/aromatic N) is 1. The molecule has 1 aromatic heterocycles. The van der Waals surface area contributed by atoms with Crippen LogP contribution in [0.15, 0.2) is 42.7 Å². The lowest BCUT2D eigenvalue weighted by Gasteiger charge is -2.18. The molecule has 0 aliphatic carbocycles. The van der Waals surface area contributed by atoms with Gasteiger partial charge in [0.25, 0.3) is 0 Å². The first-order chi connectivity index (χ1) is 9.89. The van der Waals surface area contributed by atoms with Crippen LogP contribution < -0.4 is 5.73 Å². The van der Waals surface area contributed by atoms with Gasteiger partial charge in [-0.25, -0.2) is 0 Å². The van der Waals surface area contributed by atoms with Gasteiger partial charge in [-0.3, -0.25) is 4.98 Å². The largest absolute Gasteiger partial charge is 0.416 e. The van der Waals surface area contributed by atoms with Crippen molar-refractivity contribution in [2.45, 2.75) is 32.0 Å². The third kappa shape index (κ3) is 3.82. The molecule has 1 heterocycles. The molecule has 2 N–H and O–H groups in total. The van der Waals surface area contributed by atoms with E-state index in [0.29, 0.717) is 12.8 Å². The second-order valence-corrected chi connectivity index (χ2v) is 5.03. The fourth-order valence-electron chi connectivity index (χ4n) is 2.32. The maximum Gasteiger partial charge on any atom is 0.416 e. The summed E-state index contributed by atoms with van der Waals surface area (Å²) in [7, 11) is 0. The molecule has 0 saturated carbocycles. The Labute approximate surface area is 121 Å². The predicted molar refractivity (Wildman–Crippen MR) is 75.7 cm³/mol. The average molecular weight is 294 g/mol. The molecule has 0 aliphatic rings. The van der Waals surface area contributed by atoms with E-state index < -0.39 is 17.8 Å². The third-order valence-electron chi connectivity index (χ3n) is 3.54. The normalized spacial score (nSPS) is 13.2. The monoisotopic (exact) mass is 294 g/mol. The molecule has 2 nitrogen and oxygen atoms in total. The fraction of sp³-hybridized carbons (Fsp3) is 0.312. The van der Waals surface area contributed by atoms with Gasteiger partial charge >= 0.3 is 6.18 Å². The van der Waals surface area contributed by atoms with Crippen molar-refractivity contribution in [3.8, 4) is 0 Å². The van der Waals surface area contributed by atoms with E-state index >= 15 is 0 Å². The van der Waals surface area contributed by atoms with Crippen LogP contribution in [0, 0.1) is 6.92 Å². The standard InChI is InChI=1S/C16H17F3N2/c1-11-4-2-3-5-12(11)6-7-15(20)13-10-21-9-8-14(13)16(17,18)19/h2-5,8-10,15H,6-7,20H2,1H3. The second kappa shape index (κ2) is 6.26. The minimum absolute atomic E-state index is 0.0542. The summed E-state index contributed by atoms with van der Waals surface area (Å²) in [5.74, 6) is 0. The highest BCUT2D eigenvalue weighted by Crippen LogP contribution is 2.34. The van der Waals surface area contributed by atoms with Crippen LogP contribution in [-0.2, 0) is 12.6 Å². The Morgan fingerprint density at radius 2 is 1.90 bits per heavy atom. The summed E-state index contributed by atoms with van der Waals surface area (Å²) < 4.78 is 38.9. The minimum Gasteiger partial charge on any atom is -0.324 e. The number of pyridine rings is 1. The Bertz CT molecular complexity index is 608. The molecule has 2 rings (SSSR count). The zero-order chi connectivity index (χ0) is 15.5. The van der Waals surface area contributed by atoms with Crippen LogP contribution in [0.2, 0.25) is 0 Å². The Morgan fingerprint density at radius 3 is 2.57 bits per heavy atom. The molecule has 1 atom stereocenters. The summed E-state index contributed by atoms with van der Waals surface area (Å²) in [5.41, 5.74) is 7.53. The molecule has 0 radical (unpaired) electrons. The van der Waals surface area contributed by atoms with Crippen LogP contribution >= 0.6 is 0 Å². The molecule has 0 spiro atoms. The van der Waals surface area contributed by atoms with Crippen molar-refractivity contribution >= 4 is 0 Å². The summed E-state index contributed by atoms with van der Waals surface area (Å²) in [6.07, 6.45) is -0.968. The van der Waals surface area contributed by atoms with Crippen LogP contribution in [0.4, 0.5) is 13.2 Å². The first-order valence-electron chi connectivity index (χ1n) is 6.71. The maximum absolute atomic E-state index is 13.0. The number of halogens is 3. The number of rotatable bonds is 4. The summed E-state index contributed by atoms with van der Waals surface area (Å²) >= 11 is 0. The number of hydrogen-bond donors (Lipinski definition) is 1. The number of hydrogen-bond acceptors (Lipinski definition) is 2. The summed E-state index contributed by atoms with van der Waals surface area (Å²) in [6, 6.07) is 8.08. The van der Waals surface area contributed by atoms with Gasteiger partial charge in [0.05, 0.1) is 5.56 Å². The SMILES string of the molecule is Cc1ccccc1CCC(N)c1cnccc1C(F)(F)F. The number of nitrogens with two attached hydrogens (primary N) is 1. The van der Waals surface area contributed by atoms with Crippen molar-refractivity contribution in [3.63, 3.8) is 0 Å². The van der Waals surface area contributed by atoms with Gasteiger partial charge in [-0.05, 0) is 42.5 Å². The van der Waals surface area contributed by atoms with Gasteiger partial charge < -0.3 is 5.73 Å². The highest BCUT2D eigenvalue weighted by molar-refractivity contribution is 5.30. The number of alkyl halides is 3. The van der Waals surface area contributed by atoms with E-state index in [0.717, 1.165) is 23.4 Å². The van der Waals surface area contributed by atoms with Gasteiger partial charge in [0.15, 0.2) is 0 Å². The van der Waals surface area contributed by atoms with Crippen LogP contribution in [0.3, 0.4) is 0 Å². The lowest BCUT2D eigenvalue weighted by molar-refractivity contribution is -0.138. The van der Waals surface area contributed by atoms with Crippen LogP contribution in [-0.4, -0.2) is 4.98 Å². The topological polar surface area (TPSA) is 38.9 Å². The first kappa shape index (κ1) is 15.5. The zero-order valence-electron chi connectivity index (χ0n) is 11.7. The lowest BCUT2D eigenvalue weighted by atomic mass is 9.95. The van der Waals surface area contributed by atoms with E-state index in [1.165, 1.54) is 6.20 Å². The average Bonchev–Trinajstić information content (AvgIpc) is 2.45. The van der Waals surface area contributed by atoms with Crippen molar-refractivity contribution in [1.29, 1.82) is 0 Å². The van der Waals surface area contributed by atoms with Crippen molar-refractivity contribution < 1.29 is 13.2 Å². The summed E-state index contributed by atoms with van der Waals surface area (Å²) in [4.78, 5) is 3.77. The van der Waals surface area contributed by atoms with E-state index in [1.807, 2.05) is 31.2 Å². The number of aromatic nitrogens is 1. The maximum atomic E-state index is 13.0. The molecule has 0 amide bonds. The van der Waals surface area contributed by atoms with E-state index in [1.54, 1.807) is 0 Å². The molecule has 0 aliphatic heterocycles. The van der Waals surface area contributed by atoms with Gasteiger partial charge in [-0.1, -0.05) is 24.3 Å². The first-order valence-corrected chi connectivity index (χ1v) is 6.71. The van der Waals surface area contributed by atoms with Gasteiger partial charge in [0, 0.05) is 18.4 Å². The van der Waals surface area contributed by atoms with E-state index in [-0.39, 0.29) is 5.56 Å². The molecule has 1 unspecified atom stereocenters. The van der Waals surface area contributed by atoms with Gasteiger partial charge in [0.2, 0.25) is 0 Å². The molecule has 0 bridgehead atoms. The lowest BCUT2D eigenvalue weighted by Crippen LogP contribution is -2.18. The molecule has 0 fully saturated rings.